The second-order valence-corrected chi connectivity index (χ2v) is 11.6. The number of rotatable bonds is 12. The maximum atomic E-state index is 15.4. The van der Waals surface area contributed by atoms with Crippen molar-refractivity contribution in [1.29, 1.82) is 0 Å². The largest absolute Gasteiger partial charge is 0.377 e. The number of fused-ring (bicyclic) bond motifs is 2. The minimum absolute atomic E-state index is 0.283. The molecule has 0 saturated carbocycles. The number of hydrogen-bond acceptors (Lipinski definition) is 5. The second-order valence-electron chi connectivity index (χ2n) is 11.6. The van der Waals surface area contributed by atoms with Gasteiger partial charge in [-0.15, -0.1) is 0 Å². The Balaban J connectivity index is 0.00000207. The number of hydrogen-bond donors (Lipinski definition) is 2. The lowest BCUT2D eigenvalue weighted by Gasteiger charge is -2.26. The van der Waals surface area contributed by atoms with E-state index in [2.05, 4.69) is 88.9 Å². The van der Waals surface area contributed by atoms with Gasteiger partial charge >= 0.3 is 0 Å². The van der Waals surface area contributed by atoms with Gasteiger partial charge in [0.2, 0.25) is 0 Å². The molecular formula is C35H50FN7. The summed E-state index contributed by atoms with van der Waals surface area (Å²) in [7, 11) is 6.36. The summed E-state index contributed by atoms with van der Waals surface area (Å²) in [6.45, 7) is 12.4. The Morgan fingerprint density at radius 2 is 1.79 bits per heavy atom. The van der Waals surface area contributed by atoms with Crippen molar-refractivity contribution in [2.24, 2.45) is 0 Å². The summed E-state index contributed by atoms with van der Waals surface area (Å²) < 4.78 is 17.7. The molecule has 232 valence electrons. The Hall–Kier alpha value is -3.65. The van der Waals surface area contributed by atoms with Gasteiger partial charge in [-0.3, -0.25) is 0 Å². The van der Waals surface area contributed by atoms with E-state index in [1.54, 1.807) is 6.07 Å². The maximum absolute atomic E-state index is 15.4. The van der Waals surface area contributed by atoms with Crippen LogP contribution in [0.1, 0.15) is 78.1 Å². The molecule has 4 aromatic rings. The Labute approximate surface area is 256 Å². The number of aromatic amines is 1. The number of anilines is 1. The first kappa shape index (κ1) is 32.3. The highest BCUT2D eigenvalue weighted by atomic mass is 19.1. The van der Waals surface area contributed by atoms with Gasteiger partial charge in [-0.05, 0) is 82.6 Å². The van der Waals surface area contributed by atoms with Crippen molar-refractivity contribution < 1.29 is 4.39 Å². The SMILES string of the molecule is CC.CCCC(CCC)n1c(C)nc2c(F)cc(-c3c[nH]c4nc(NC5=CCCC(N(C)CCN(C)C)=C5)ccc34)cc21. The third kappa shape index (κ3) is 7.29. The molecule has 3 aromatic heterocycles. The van der Waals surface area contributed by atoms with Crippen molar-refractivity contribution in [3.8, 4) is 11.1 Å². The van der Waals surface area contributed by atoms with Crippen LogP contribution in [0.15, 0.2) is 54.0 Å². The molecule has 1 aromatic carbocycles. The molecule has 3 heterocycles. The van der Waals surface area contributed by atoms with Gasteiger partial charge in [-0.25, -0.2) is 14.4 Å². The smallest absolute Gasteiger partial charge is 0.151 e. The summed E-state index contributed by atoms with van der Waals surface area (Å²) in [6, 6.07) is 8.08. The van der Waals surface area contributed by atoms with Gasteiger partial charge in [-0.1, -0.05) is 46.6 Å². The zero-order valence-electron chi connectivity index (χ0n) is 27.4. The molecule has 1 aliphatic rings. The molecule has 0 amide bonds. The lowest BCUT2D eigenvalue weighted by Crippen LogP contribution is -2.29. The molecule has 5 rings (SSSR count). The van der Waals surface area contributed by atoms with Crippen LogP contribution in [0.25, 0.3) is 33.2 Å². The number of nitrogens with zero attached hydrogens (tertiary/aromatic N) is 5. The van der Waals surface area contributed by atoms with E-state index in [0.29, 0.717) is 11.6 Å². The summed E-state index contributed by atoms with van der Waals surface area (Å²) in [5, 5.41) is 4.46. The van der Waals surface area contributed by atoms with Gasteiger partial charge in [0.25, 0.3) is 0 Å². The van der Waals surface area contributed by atoms with Crippen LogP contribution in [0.4, 0.5) is 10.2 Å². The number of allylic oxidation sites excluding steroid dienone is 3. The zero-order valence-corrected chi connectivity index (χ0v) is 27.4. The van der Waals surface area contributed by atoms with Gasteiger partial charge in [0.1, 0.15) is 22.8 Å². The quantitative estimate of drug-likeness (QED) is 0.174. The fourth-order valence-electron chi connectivity index (χ4n) is 5.98. The van der Waals surface area contributed by atoms with Gasteiger partial charge in [0, 0.05) is 54.7 Å². The summed E-state index contributed by atoms with van der Waals surface area (Å²) in [4.78, 5) is 17.4. The average Bonchev–Trinajstić information content (AvgIpc) is 3.57. The molecule has 0 atom stereocenters. The summed E-state index contributed by atoms with van der Waals surface area (Å²) in [6.07, 6.45) is 12.7. The number of imidazole rings is 1. The van der Waals surface area contributed by atoms with E-state index in [1.165, 1.54) is 5.70 Å². The molecule has 0 fully saturated rings. The predicted octanol–water partition coefficient (Wildman–Crippen LogP) is 8.66. The molecule has 0 unspecified atom stereocenters. The number of pyridine rings is 1. The molecule has 7 nitrogen and oxygen atoms in total. The van der Waals surface area contributed by atoms with Crippen molar-refractivity contribution >= 4 is 27.9 Å². The highest BCUT2D eigenvalue weighted by Crippen LogP contribution is 2.35. The van der Waals surface area contributed by atoms with Gasteiger partial charge in [-0.2, -0.15) is 0 Å². The van der Waals surface area contributed by atoms with E-state index in [-0.39, 0.29) is 5.82 Å². The van der Waals surface area contributed by atoms with Gasteiger partial charge in [0.05, 0.1) is 5.52 Å². The average molecular weight is 588 g/mol. The molecule has 43 heavy (non-hydrogen) atoms. The minimum Gasteiger partial charge on any atom is -0.377 e. The predicted molar refractivity (Wildman–Crippen MR) is 180 cm³/mol. The summed E-state index contributed by atoms with van der Waals surface area (Å²) in [5.41, 5.74) is 6.25. The monoisotopic (exact) mass is 587 g/mol. The normalized spacial score (nSPS) is 13.4. The van der Waals surface area contributed by atoms with Crippen molar-refractivity contribution in [1.82, 2.24) is 29.3 Å². The van der Waals surface area contributed by atoms with E-state index in [4.69, 9.17) is 4.98 Å². The van der Waals surface area contributed by atoms with Crippen LogP contribution < -0.4 is 5.32 Å². The zero-order chi connectivity index (χ0) is 31.1. The molecule has 0 spiro atoms. The third-order valence-corrected chi connectivity index (χ3v) is 8.12. The van der Waals surface area contributed by atoms with E-state index in [9.17, 15) is 0 Å². The van der Waals surface area contributed by atoms with E-state index in [0.717, 1.165) is 96.6 Å². The molecule has 8 heteroatoms. The van der Waals surface area contributed by atoms with Crippen molar-refractivity contribution in [2.75, 3.05) is 39.5 Å². The van der Waals surface area contributed by atoms with Crippen LogP contribution in [-0.2, 0) is 0 Å². The molecule has 0 aliphatic heterocycles. The topological polar surface area (TPSA) is 65.0 Å². The van der Waals surface area contributed by atoms with Crippen LogP contribution >= 0.6 is 0 Å². The van der Waals surface area contributed by atoms with E-state index < -0.39 is 0 Å². The molecule has 0 saturated heterocycles. The van der Waals surface area contributed by atoms with E-state index >= 15 is 4.39 Å². The number of aryl methyl sites for hydroxylation is 1. The molecule has 0 bridgehead atoms. The van der Waals surface area contributed by atoms with Crippen LogP contribution in [-0.4, -0.2) is 63.6 Å². The minimum atomic E-state index is -0.283. The first-order valence-corrected chi connectivity index (χ1v) is 16.0. The lowest BCUT2D eigenvalue weighted by atomic mass is 10.0. The van der Waals surface area contributed by atoms with Crippen molar-refractivity contribution in [2.45, 2.75) is 79.2 Å². The summed E-state index contributed by atoms with van der Waals surface area (Å²) >= 11 is 0. The summed E-state index contributed by atoms with van der Waals surface area (Å²) in [5.74, 6) is 1.37. The number of halogens is 1. The molecular weight excluding hydrogens is 537 g/mol. The molecule has 2 N–H and O–H groups in total. The van der Waals surface area contributed by atoms with E-state index in [1.807, 2.05) is 33.0 Å². The first-order valence-electron chi connectivity index (χ1n) is 16.0. The Bertz CT molecular complexity index is 1570. The standard InChI is InChI=1S/C33H44FN7.C2H6/c1-7-10-25(11-8-2)41-22(3)36-32-29(34)18-23(19-30(32)41)28-21-35-33-27(28)14-15-31(38-33)37-24-12-9-13-26(20-24)40(6)17-16-39(4)5;1-2/h12,14-15,18-21,25H,7-11,13,16-17H2,1-6H3,(H2,35,37,38);1-2H3. The van der Waals surface area contributed by atoms with Crippen LogP contribution in [0, 0.1) is 12.7 Å². The fourth-order valence-corrected chi connectivity index (χ4v) is 5.98. The molecule has 1 aliphatic carbocycles. The highest BCUT2D eigenvalue weighted by molar-refractivity contribution is 5.96. The number of aromatic nitrogens is 4. The fraction of sp³-hybridized carbons (Fsp3) is 0.486. The third-order valence-electron chi connectivity index (χ3n) is 8.12. The Morgan fingerprint density at radius 1 is 1.05 bits per heavy atom. The maximum Gasteiger partial charge on any atom is 0.151 e. The van der Waals surface area contributed by atoms with Crippen LogP contribution in [0.5, 0.6) is 0 Å². The number of benzene rings is 1. The van der Waals surface area contributed by atoms with Gasteiger partial charge in [0.15, 0.2) is 5.82 Å². The Morgan fingerprint density at radius 3 is 2.49 bits per heavy atom. The van der Waals surface area contributed by atoms with Crippen molar-refractivity contribution in [3.63, 3.8) is 0 Å². The van der Waals surface area contributed by atoms with Crippen LogP contribution in [0.3, 0.4) is 0 Å². The first-order chi connectivity index (χ1) is 20.8. The lowest BCUT2D eigenvalue weighted by molar-refractivity contribution is 0.319. The number of likely N-dealkylation sites (N-methyl/N-ethyl adjacent to an activating group) is 2. The number of H-pyrrole nitrogens is 1. The second kappa shape index (κ2) is 14.7. The number of nitrogens with one attached hydrogen (secondary N) is 2. The highest BCUT2D eigenvalue weighted by Gasteiger charge is 2.20. The Kier molecular flexibility index (Phi) is 11.0. The van der Waals surface area contributed by atoms with Crippen molar-refractivity contribution in [3.05, 3.63) is 65.7 Å². The van der Waals surface area contributed by atoms with Crippen LogP contribution in [0.2, 0.25) is 0 Å². The van der Waals surface area contributed by atoms with Gasteiger partial charge < -0.3 is 24.7 Å². The molecule has 0 radical (unpaired) electrons.